The predicted molar refractivity (Wildman–Crippen MR) is 66.5 cm³/mol. The third-order valence-corrected chi connectivity index (χ3v) is 2.76. The standard InChI is InChI=1S/C11H13FINO/c1-6(2)14-11(15)8-5-10(13)9(12)4-7(8)3/h4-6H,1-3H3,(H,14,15). The van der Waals surface area contributed by atoms with E-state index in [2.05, 4.69) is 5.32 Å². The van der Waals surface area contributed by atoms with Crippen LogP contribution in [0.4, 0.5) is 4.39 Å². The molecule has 1 aromatic carbocycles. The van der Waals surface area contributed by atoms with Gasteiger partial charge in [-0.2, -0.15) is 0 Å². The van der Waals surface area contributed by atoms with Crippen molar-refractivity contribution in [2.24, 2.45) is 0 Å². The monoisotopic (exact) mass is 321 g/mol. The van der Waals surface area contributed by atoms with Crippen LogP contribution in [-0.4, -0.2) is 11.9 Å². The molecule has 15 heavy (non-hydrogen) atoms. The van der Waals surface area contributed by atoms with E-state index < -0.39 is 0 Å². The van der Waals surface area contributed by atoms with E-state index in [4.69, 9.17) is 0 Å². The smallest absolute Gasteiger partial charge is 0.251 e. The van der Waals surface area contributed by atoms with E-state index in [1.165, 1.54) is 6.07 Å². The van der Waals surface area contributed by atoms with Gasteiger partial charge in [0.2, 0.25) is 0 Å². The summed E-state index contributed by atoms with van der Waals surface area (Å²) >= 11 is 1.88. The summed E-state index contributed by atoms with van der Waals surface area (Å²) in [5.41, 5.74) is 1.19. The number of amides is 1. The molecule has 0 atom stereocenters. The van der Waals surface area contributed by atoms with Gasteiger partial charge in [0.15, 0.2) is 0 Å². The zero-order valence-electron chi connectivity index (χ0n) is 8.90. The van der Waals surface area contributed by atoms with Crippen molar-refractivity contribution in [3.8, 4) is 0 Å². The molecule has 0 radical (unpaired) electrons. The lowest BCUT2D eigenvalue weighted by atomic mass is 10.1. The molecule has 0 aromatic heterocycles. The lowest BCUT2D eigenvalue weighted by molar-refractivity contribution is 0.0942. The lowest BCUT2D eigenvalue weighted by Gasteiger charge is -2.11. The van der Waals surface area contributed by atoms with E-state index in [-0.39, 0.29) is 17.8 Å². The number of halogens is 2. The Morgan fingerprint density at radius 3 is 2.60 bits per heavy atom. The van der Waals surface area contributed by atoms with E-state index >= 15 is 0 Å². The van der Waals surface area contributed by atoms with Gasteiger partial charge in [-0.25, -0.2) is 4.39 Å². The van der Waals surface area contributed by atoms with Crippen LogP contribution >= 0.6 is 22.6 Å². The maximum absolute atomic E-state index is 13.1. The largest absolute Gasteiger partial charge is 0.350 e. The quantitative estimate of drug-likeness (QED) is 0.834. The average molecular weight is 321 g/mol. The van der Waals surface area contributed by atoms with Crippen LogP contribution in [0, 0.1) is 16.3 Å². The minimum atomic E-state index is -0.283. The summed E-state index contributed by atoms with van der Waals surface area (Å²) in [6.45, 7) is 5.51. The molecule has 0 saturated heterocycles. The van der Waals surface area contributed by atoms with Crippen LogP contribution in [0.1, 0.15) is 29.8 Å². The van der Waals surface area contributed by atoms with Gasteiger partial charge in [0.05, 0.1) is 0 Å². The third kappa shape index (κ3) is 3.15. The first-order chi connectivity index (χ1) is 6.91. The van der Waals surface area contributed by atoms with Crippen molar-refractivity contribution in [2.75, 3.05) is 0 Å². The number of carbonyl (C=O) groups is 1. The topological polar surface area (TPSA) is 29.1 Å². The highest BCUT2D eigenvalue weighted by atomic mass is 127. The molecule has 0 aliphatic rings. The van der Waals surface area contributed by atoms with E-state index in [0.717, 1.165) is 0 Å². The van der Waals surface area contributed by atoms with Crippen molar-refractivity contribution < 1.29 is 9.18 Å². The van der Waals surface area contributed by atoms with Crippen molar-refractivity contribution in [1.29, 1.82) is 0 Å². The number of rotatable bonds is 2. The van der Waals surface area contributed by atoms with E-state index in [1.54, 1.807) is 13.0 Å². The van der Waals surface area contributed by atoms with Crippen molar-refractivity contribution in [1.82, 2.24) is 5.32 Å². The molecule has 1 amide bonds. The maximum atomic E-state index is 13.1. The Morgan fingerprint density at radius 2 is 2.07 bits per heavy atom. The molecule has 0 aliphatic carbocycles. The Balaban J connectivity index is 3.04. The Morgan fingerprint density at radius 1 is 1.47 bits per heavy atom. The molecule has 2 nitrogen and oxygen atoms in total. The third-order valence-electron chi connectivity index (χ3n) is 1.93. The molecule has 0 bridgehead atoms. The van der Waals surface area contributed by atoms with E-state index in [0.29, 0.717) is 14.7 Å². The summed E-state index contributed by atoms with van der Waals surface area (Å²) < 4.78 is 13.6. The number of benzene rings is 1. The van der Waals surface area contributed by atoms with Gasteiger partial charge < -0.3 is 5.32 Å². The molecule has 0 saturated carbocycles. The molecule has 0 fully saturated rings. The first-order valence-corrected chi connectivity index (χ1v) is 5.76. The van der Waals surface area contributed by atoms with Crippen molar-refractivity contribution >= 4 is 28.5 Å². The van der Waals surface area contributed by atoms with E-state index in [9.17, 15) is 9.18 Å². The number of hydrogen-bond acceptors (Lipinski definition) is 1. The summed E-state index contributed by atoms with van der Waals surface area (Å²) in [7, 11) is 0. The number of carbonyl (C=O) groups excluding carboxylic acids is 1. The van der Waals surface area contributed by atoms with Gasteiger partial charge >= 0.3 is 0 Å². The Labute approximate surface area is 102 Å². The molecular formula is C11H13FINO. The van der Waals surface area contributed by atoms with Gasteiger partial charge in [0.1, 0.15) is 5.82 Å². The summed E-state index contributed by atoms with van der Waals surface area (Å²) in [5.74, 6) is -0.436. The van der Waals surface area contributed by atoms with Crippen LogP contribution in [0.3, 0.4) is 0 Å². The minimum absolute atomic E-state index is 0.0830. The minimum Gasteiger partial charge on any atom is -0.350 e. The highest BCUT2D eigenvalue weighted by Crippen LogP contribution is 2.17. The molecule has 0 spiro atoms. The first-order valence-electron chi connectivity index (χ1n) is 4.68. The first kappa shape index (κ1) is 12.4. The Hall–Kier alpha value is -0.650. The van der Waals surface area contributed by atoms with Gasteiger partial charge in [0, 0.05) is 15.2 Å². The van der Waals surface area contributed by atoms with Gasteiger partial charge in [-0.3, -0.25) is 4.79 Å². The Bertz CT molecular complexity index is 390. The summed E-state index contributed by atoms with van der Waals surface area (Å²) in [4.78, 5) is 11.7. The van der Waals surface area contributed by atoms with Crippen molar-refractivity contribution in [2.45, 2.75) is 26.8 Å². The number of nitrogens with one attached hydrogen (secondary N) is 1. The fourth-order valence-corrected chi connectivity index (χ4v) is 1.70. The zero-order valence-corrected chi connectivity index (χ0v) is 11.1. The molecule has 0 heterocycles. The molecule has 82 valence electrons. The summed E-state index contributed by atoms with van der Waals surface area (Å²) in [6, 6.07) is 3.04. The van der Waals surface area contributed by atoms with Crippen LogP contribution in [0.25, 0.3) is 0 Å². The second-order valence-corrected chi connectivity index (χ2v) is 4.87. The molecule has 1 N–H and O–H groups in total. The second-order valence-electron chi connectivity index (χ2n) is 3.71. The highest BCUT2D eigenvalue weighted by molar-refractivity contribution is 14.1. The normalized spacial score (nSPS) is 10.5. The van der Waals surface area contributed by atoms with Crippen molar-refractivity contribution in [3.63, 3.8) is 0 Å². The number of hydrogen-bond donors (Lipinski definition) is 1. The van der Waals surface area contributed by atoms with Gasteiger partial charge in [-0.05, 0) is 61.1 Å². The van der Waals surface area contributed by atoms with Crippen LogP contribution in [0.15, 0.2) is 12.1 Å². The van der Waals surface area contributed by atoms with Crippen LogP contribution in [-0.2, 0) is 0 Å². The second kappa shape index (κ2) is 4.92. The fourth-order valence-electron chi connectivity index (χ4n) is 1.23. The molecule has 1 aromatic rings. The molecule has 0 unspecified atom stereocenters. The van der Waals surface area contributed by atoms with E-state index in [1.807, 2.05) is 36.4 Å². The number of aryl methyl sites for hydroxylation is 1. The van der Waals surface area contributed by atoms with Gasteiger partial charge in [0.25, 0.3) is 5.91 Å². The molecule has 0 aliphatic heterocycles. The van der Waals surface area contributed by atoms with Crippen molar-refractivity contribution in [3.05, 3.63) is 32.6 Å². The fraction of sp³-hybridized carbons (Fsp3) is 0.364. The van der Waals surface area contributed by atoms with Crippen LogP contribution in [0.5, 0.6) is 0 Å². The lowest BCUT2D eigenvalue weighted by Crippen LogP contribution is -2.30. The SMILES string of the molecule is Cc1cc(F)c(I)cc1C(=O)NC(C)C. The Kier molecular flexibility index (Phi) is 4.07. The highest BCUT2D eigenvalue weighted by Gasteiger charge is 2.12. The molecule has 4 heteroatoms. The molecular weight excluding hydrogens is 308 g/mol. The van der Waals surface area contributed by atoms with Gasteiger partial charge in [-0.15, -0.1) is 0 Å². The summed E-state index contributed by atoms with van der Waals surface area (Å²) in [6.07, 6.45) is 0. The zero-order chi connectivity index (χ0) is 11.6. The maximum Gasteiger partial charge on any atom is 0.251 e. The molecule has 1 rings (SSSR count). The van der Waals surface area contributed by atoms with Gasteiger partial charge in [-0.1, -0.05) is 0 Å². The van der Waals surface area contributed by atoms with Crippen LogP contribution < -0.4 is 5.32 Å². The van der Waals surface area contributed by atoms with Crippen LogP contribution in [0.2, 0.25) is 0 Å². The average Bonchev–Trinajstić information content (AvgIpc) is 2.09. The summed E-state index contributed by atoms with van der Waals surface area (Å²) in [5, 5.41) is 2.78. The predicted octanol–water partition coefficient (Wildman–Crippen LogP) is 2.88.